The highest BCUT2D eigenvalue weighted by atomic mass is 35.5. The predicted octanol–water partition coefficient (Wildman–Crippen LogP) is 3.51. The summed E-state index contributed by atoms with van der Waals surface area (Å²) in [6.07, 6.45) is 0. The molecule has 1 aromatic carbocycles. The third-order valence-corrected chi connectivity index (χ3v) is 3.79. The van der Waals surface area contributed by atoms with E-state index in [4.69, 9.17) is 26.6 Å². The Hall–Kier alpha value is -2.97. The Morgan fingerprint density at radius 2 is 2.12 bits per heavy atom. The standard InChI is InChI=1S/C17H14ClFN4O3/c1-25-8-10-7-14(26-23-10)17(24)22-15-5-3-11(16(20)21-15)12-6-9(19)2-4-13(12)18/h2-7H,8H2,1H3,(H3,20,21,22,24). The third-order valence-electron chi connectivity index (χ3n) is 3.46. The van der Waals surface area contributed by atoms with Gasteiger partial charge in [-0.1, -0.05) is 16.8 Å². The highest BCUT2D eigenvalue weighted by molar-refractivity contribution is 6.33. The van der Waals surface area contributed by atoms with Crippen LogP contribution in [0.4, 0.5) is 16.0 Å². The van der Waals surface area contributed by atoms with Gasteiger partial charge in [-0.2, -0.15) is 0 Å². The number of hydrogen-bond donors (Lipinski definition) is 2. The number of benzene rings is 1. The van der Waals surface area contributed by atoms with Gasteiger partial charge >= 0.3 is 0 Å². The SMILES string of the molecule is COCc1cc(C(=O)Nc2ccc(-c3cc(F)ccc3Cl)c(N)n2)on1. The molecule has 1 amide bonds. The number of carbonyl (C=O) groups is 1. The minimum absolute atomic E-state index is 0.00896. The summed E-state index contributed by atoms with van der Waals surface area (Å²) >= 11 is 6.09. The van der Waals surface area contributed by atoms with Crippen molar-refractivity contribution in [3.05, 3.63) is 58.7 Å². The molecule has 0 saturated carbocycles. The van der Waals surface area contributed by atoms with Crippen molar-refractivity contribution in [2.45, 2.75) is 6.61 Å². The molecule has 0 saturated heterocycles. The molecule has 9 heteroatoms. The number of aromatic nitrogens is 2. The van der Waals surface area contributed by atoms with Crippen molar-refractivity contribution in [3.8, 4) is 11.1 Å². The number of ether oxygens (including phenoxy) is 1. The van der Waals surface area contributed by atoms with Crippen LogP contribution < -0.4 is 11.1 Å². The molecule has 134 valence electrons. The van der Waals surface area contributed by atoms with E-state index in [2.05, 4.69) is 15.5 Å². The van der Waals surface area contributed by atoms with Gasteiger partial charge in [-0.3, -0.25) is 4.79 Å². The van der Waals surface area contributed by atoms with Crippen LogP contribution in [0, 0.1) is 5.82 Å². The molecule has 0 aliphatic heterocycles. The number of nitrogen functional groups attached to an aromatic ring is 1. The number of nitrogens with zero attached hydrogens (tertiary/aromatic N) is 2. The van der Waals surface area contributed by atoms with Gasteiger partial charge in [0, 0.05) is 29.3 Å². The van der Waals surface area contributed by atoms with Crippen molar-refractivity contribution >= 4 is 29.1 Å². The van der Waals surface area contributed by atoms with E-state index in [1.54, 1.807) is 6.07 Å². The molecular weight excluding hydrogens is 363 g/mol. The highest BCUT2D eigenvalue weighted by Crippen LogP contribution is 2.32. The van der Waals surface area contributed by atoms with Crippen molar-refractivity contribution in [1.29, 1.82) is 0 Å². The number of nitrogens with one attached hydrogen (secondary N) is 1. The van der Waals surface area contributed by atoms with Crippen LogP contribution in [0.3, 0.4) is 0 Å². The first kappa shape index (κ1) is 17.8. The van der Waals surface area contributed by atoms with Crippen LogP contribution in [0.5, 0.6) is 0 Å². The summed E-state index contributed by atoms with van der Waals surface area (Å²) in [5, 5.41) is 6.59. The lowest BCUT2D eigenvalue weighted by Crippen LogP contribution is -2.13. The number of rotatable bonds is 5. The van der Waals surface area contributed by atoms with Gasteiger partial charge in [-0.25, -0.2) is 9.37 Å². The molecule has 26 heavy (non-hydrogen) atoms. The molecule has 0 atom stereocenters. The Kier molecular flexibility index (Phi) is 5.15. The number of anilines is 2. The van der Waals surface area contributed by atoms with Crippen LogP contribution in [0.1, 0.15) is 16.2 Å². The number of hydrogen-bond acceptors (Lipinski definition) is 6. The fourth-order valence-electron chi connectivity index (χ4n) is 2.29. The monoisotopic (exact) mass is 376 g/mol. The van der Waals surface area contributed by atoms with E-state index >= 15 is 0 Å². The number of halogens is 2. The summed E-state index contributed by atoms with van der Waals surface area (Å²) in [5.41, 5.74) is 7.29. The summed E-state index contributed by atoms with van der Waals surface area (Å²) in [6.45, 7) is 0.227. The molecule has 2 aromatic heterocycles. The van der Waals surface area contributed by atoms with Crippen molar-refractivity contribution in [1.82, 2.24) is 10.1 Å². The van der Waals surface area contributed by atoms with E-state index in [-0.39, 0.29) is 24.0 Å². The van der Waals surface area contributed by atoms with Gasteiger partial charge in [0.25, 0.3) is 5.91 Å². The van der Waals surface area contributed by atoms with Crippen molar-refractivity contribution in [2.24, 2.45) is 0 Å². The molecule has 7 nitrogen and oxygen atoms in total. The second kappa shape index (κ2) is 7.51. The third kappa shape index (κ3) is 3.81. The number of nitrogens with two attached hydrogens (primary N) is 1. The lowest BCUT2D eigenvalue weighted by Gasteiger charge is -2.09. The molecule has 2 heterocycles. The van der Waals surface area contributed by atoms with Crippen LogP contribution in [-0.4, -0.2) is 23.2 Å². The van der Waals surface area contributed by atoms with Gasteiger partial charge < -0.3 is 20.3 Å². The van der Waals surface area contributed by atoms with Gasteiger partial charge in [0.05, 0.1) is 6.61 Å². The normalized spacial score (nSPS) is 10.7. The zero-order valence-electron chi connectivity index (χ0n) is 13.6. The summed E-state index contributed by atoms with van der Waals surface area (Å²) in [4.78, 5) is 16.3. The van der Waals surface area contributed by atoms with Crippen molar-refractivity contribution in [3.63, 3.8) is 0 Å². The van der Waals surface area contributed by atoms with Crippen LogP contribution in [0.25, 0.3) is 11.1 Å². The van der Waals surface area contributed by atoms with E-state index in [0.717, 1.165) is 0 Å². The fraction of sp³-hybridized carbons (Fsp3) is 0.118. The Morgan fingerprint density at radius 1 is 1.31 bits per heavy atom. The summed E-state index contributed by atoms with van der Waals surface area (Å²) < 4.78 is 23.3. The molecule has 0 aliphatic rings. The summed E-state index contributed by atoms with van der Waals surface area (Å²) in [7, 11) is 1.51. The van der Waals surface area contributed by atoms with Crippen LogP contribution in [0.2, 0.25) is 5.02 Å². The molecule has 0 spiro atoms. The maximum absolute atomic E-state index is 13.5. The first-order chi connectivity index (χ1) is 12.5. The van der Waals surface area contributed by atoms with Crippen molar-refractivity contribution in [2.75, 3.05) is 18.2 Å². The van der Waals surface area contributed by atoms with Gasteiger partial charge in [-0.05, 0) is 30.3 Å². The van der Waals surface area contributed by atoms with E-state index in [9.17, 15) is 9.18 Å². The molecule has 3 aromatic rings. The minimum atomic E-state index is -0.539. The van der Waals surface area contributed by atoms with E-state index in [1.807, 2.05) is 0 Å². The first-order valence-corrected chi connectivity index (χ1v) is 7.83. The van der Waals surface area contributed by atoms with E-state index in [1.165, 1.54) is 37.4 Å². The van der Waals surface area contributed by atoms with Crippen molar-refractivity contribution < 1.29 is 18.4 Å². The maximum atomic E-state index is 13.5. The Morgan fingerprint density at radius 3 is 2.85 bits per heavy atom. The molecule has 0 bridgehead atoms. The molecule has 0 radical (unpaired) electrons. The average molecular weight is 377 g/mol. The van der Waals surface area contributed by atoms with Gasteiger partial charge in [0.2, 0.25) is 5.76 Å². The average Bonchev–Trinajstić information content (AvgIpc) is 3.07. The fourth-order valence-corrected chi connectivity index (χ4v) is 2.51. The molecular formula is C17H14ClFN4O3. The quantitative estimate of drug-likeness (QED) is 0.706. The van der Waals surface area contributed by atoms with Crippen LogP contribution in [0.15, 0.2) is 40.9 Å². The molecule has 3 N–H and O–H groups in total. The second-order valence-corrected chi connectivity index (χ2v) is 5.73. The van der Waals surface area contributed by atoms with Gasteiger partial charge in [-0.15, -0.1) is 0 Å². The Bertz CT molecular complexity index is 961. The smallest absolute Gasteiger partial charge is 0.295 e. The molecule has 0 fully saturated rings. The van der Waals surface area contributed by atoms with Gasteiger partial charge in [0.1, 0.15) is 23.1 Å². The largest absolute Gasteiger partial charge is 0.383 e. The van der Waals surface area contributed by atoms with Crippen LogP contribution >= 0.6 is 11.6 Å². The second-order valence-electron chi connectivity index (χ2n) is 5.32. The summed E-state index contributed by atoms with van der Waals surface area (Å²) in [6, 6.07) is 8.53. The predicted molar refractivity (Wildman–Crippen MR) is 94.2 cm³/mol. The van der Waals surface area contributed by atoms with Crippen LogP contribution in [-0.2, 0) is 11.3 Å². The highest BCUT2D eigenvalue weighted by Gasteiger charge is 2.15. The number of carbonyl (C=O) groups excluding carboxylic acids is 1. The lowest BCUT2D eigenvalue weighted by atomic mass is 10.1. The number of methoxy groups -OCH3 is 1. The zero-order chi connectivity index (χ0) is 18.7. The Balaban J connectivity index is 1.81. The molecule has 0 unspecified atom stereocenters. The number of amides is 1. The maximum Gasteiger partial charge on any atom is 0.295 e. The zero-order valence-corrected chi connectivity index (χ0v) is 14.4. The van der Waals surface area contributed by atoms with E-state index < -0.39 is 11.7 Å². The molecule has 3 rings (SSSR count). The number of pyridine rings is 1. The van der Waals surface area contributed by atoms with Gasteiger partial charge in [0.15, 0.2) is 0 Å². The summed E-state index contributed by atoms with van der Waals surface area (Å²) in [5.74, 6) is -0.683. The lowest BCUT2D eigenvalue weighted by molar-refractivity contribution is 0.0987. The molecule has 0 aliphatic carbocycles. The first-order valence-electron chi connectivity index (χ1n) is 7.45. The minimum Gasteiger partial charge on any atom is -0.383 e. The Labute approximate surface area is 152 Å². The van der Waals surface area contributed by atoms with E-state index in [0.29, 0.717) is 21.8 Å². The topological polar surface area (TPSA) is 103 Å².